The molecule has 0 atom stereocenters. The van der Waals surface area contributed by atoms with Gasteiger partial charge in [-0.1, -0.05) is 43.6 Å². The van der Waals surface area contributed by atoms with E-state index in [0.29, 0.717) is 42.1 Å². The molecular formula is C24H27BrIN3O3. The Morgan fingerprint density at radius 2 is 1.94 bits per heavy atom. The molecule has 0 saturated heterocycles. The average molecular weight is 612 g/mol. The third kappa shape index (κ3) is 5.89. The minimum Gasteiger partial charge on any atom is -0.490 e. The molecule has 0 unspecified atom stereocenters. The molecule has 1 heterocycles. The first-order valence-corrected chi connectivity index (χ1v) is 12.3. The topological polar surface area (TPSA) is 65.7 Å². The van der Waals surface area contributed by atoms with Crippen molar-refractivity contribution in [1.29, 1.82) is 0 Å². The molecule has 3 rings (SSSR count). The van der Waals surface area contributed by atoms with Gasteiger partial charge < -0.3 is 9.47 Å². The molecule has 32 heavy (non-hydrogen) atoms. The van der Waals surface area contributed by atoms with E-state index < -0.39 is 0 Å². The number of hydrogen-bond donors (Lipinski definition) is 0. The van der Waals surface area contributed by atoms with Crippen LogP contribution < -0.4 is 15.0 Å². The van der Waals surface area contributed by atoms with Gasteiger partial charge in [-0.2, -0.15) is 9.78 Å². The van der Waals surface area contributed by atoms with Crippen molar-refractivity contribution in [3.63, 3.8) is 0 Å². The molecule has 0 bridgehead atoms. The Labute approximate surface area is 210 Å². The van der Waals surface area contributed by atoms with Crippen LogP contribution in [0.15, 0.2) is 44.7 Å². The van der Waals surface area contributed by atoms with Gasteiger partial charge in [0, 0.05) is 10.9 Å². The highest BCUT2D eigenvalue weighted by Gasteiger charge is 2.17. The minimum atomic E-state index is -0.200. The lowest BCUT2D eigenvalue weighted by Gasteiger charge is -2.21. The Morgan fingerprint density at radius 1 is 1.19 bits per heavy atom. The van der Waals surface area contributed by atoms with E-state index in [1.807, 2.05) is 38.1 Å². The van der Waals surface area contributed by atoms with Crippen LogP contribution >= 0.6 is 38.5 Å². The summed E-state index contributed by atoms with van der Waals surface area (Å²) < 4.78 is 15.0. The standard InChI is InChI=1S/C24H27BrIN3O3/c1-6-21-28-19-9-8-16(25)12-17(19)23(30)29(21)27-13-15-10-18(26)22(20(11-15)31-7-2)32-14-24(3,4)5/h8-13H,6-7,14H2,1-5H3. The SMILES string of the molecule is CCOc1cc(C=Nn2c(CC)nc3ccc(Br)cc3c2=O)cc(I)c1OCC(C)(C)C. The summed E-state index contributed by atoms with van der Waals surface area (Å²) in [6, 6.07) is 9.33. The van der Waals surface area contributed by atoms with E-state index >= 15 is 0 Å². The maximum absolute atomic E-state index is 13.1. The summed E-state index contributed by atoms with van der Waals surface area (Å²) in [5.41, 5.74) is 1.30. The largest absolute Gasteiger partial charge is 0.490 e. The van der Waals surface area contributed by atoms with Gasteiger partial charge in [-0.15, -0.1) is 0 Å². The van der Waals surface area contributed by atoms with Gasteiger partial charge in [-0.3, -0.25) is 4.79 Å². The normalized spacial score (nSPS) is 12.0. The Kier molecular flexibility index (Phi) is 7.97. The molecule has 0 radical (unpaired) electrons. The molecule has 0 aliphatic rings. The minimum absolute atomic E-state index is 0.0303. The number of aryl methyl sites for hydroxylation is 1. The van der Waals surface area contributed by atoms with Crippen molar-refractivity contribution in [2.24, 2.45) is 10.5 Å². The molecule has 8 heteroatoms. The van der Waals surface area contributed by atoms with Crippen LogP contribution in [0.1, 0.15) is 46.0 Å². The fraction of sp³-hybridized carbons (Fsp3) is 0.375. The van der Waals surface area contributed by atoms with E-state index in [4.69, 9.17) is 9.47 Å². The van der Waals surface area contributed by atoms with E-state index in [2.05, 4.69) is 69.4 Å². The van der Waals surface area contributed by atoms with Crippen LogP contribution in [0, 0.1) is 8.99 Å². The van der Waals surface area contributed by atoms with Crippen molar-refractivity contribution in [3.05, 3.63) is 60.1 Å². The van der Waals surface area contributed by atoms with Crippen LogP contribution in [-0.2, 0) is 6.42 Å². The van der Waals surface area contributed by atoms with Gasteiger partial charge >= 0.3 is 0 Å². The third-order valence-corrected chi connectivity index (χ3v) is 5.79. The number of hydrogen-bond acceptors (Lipinski definition) is 5. The molecular weight excluding hydrogens is 585 g/mol. The van der Waals surface area contributed by atoms with E-state index in [0.717, 1.165) is 19.4 Å². The maximum atomic E-state index is 13.1. The molecule has 0 spiro atoms. The van der Waals surface area contributed by atoms with Gasteiger partial charge in [0.2, 0.25) is 0 Å². The highest BCUT2D eigenvalue weighted by Crippen LogP contribution is 2.35. The van der Waals surface area contributed by atoms with Gasteiger partial charge in [-0.25, -0.2) is 4.98 Å². The lowest BCUT2D eigenvalue weighted by atomic mass is 9.99. The Balaban J connectivity index is 2.03. The van der Waals surface area contributed by atoms with Crippen molar-refractivity contribution < 1.29 is 9.47 Å². The fourth-order valence-corrected chi connectivity index (χ4v) is 4.16. The summed E-state index contributed by atoms with van der Waals surface area (Å²) in [6.45, 7) is 11.4. The summed E-state index contributed by atoms with van der Waals surface area (Å²) >= 11 is 5.66. The van der Waals surface area contributed by atoms with E-state index in [1.54, 1.807) is 12.3 Å². The van der Waals surface area contributed by atoms with Crippen LogP contribution in [0.3, 0.4) is 0 Å². The second-order valence-corrected chi connectivity index (χ2v) is 10.6. The highest BCUT2D eigenvalue weighted by atomic mass is 127. The van der Waals surface area contributed by atoms with Crippen molar-refractivity contribution in [3.8, 4) is 11.5 Å². The number of rotatable bonds is 7. The molecule has 3 aromatic rings. The Bertz CT molecular complexity index is 1220. The van der Waals surface area contributed by atoms with Crippen molar-refractivity contribution in [2.75, 3.05) is 13.2 Å². The lowest BCUT2D eigenvalue weighted by Crippen LogP contribution is -2.22. The number of aromatic nitrogens is 2. The number of nitrogens with zero attached hydrogens (tertiary/aromatic N) is 3. The molecule has 0 aliphatic carbocycles. The highest BCUT2D eigenvalue weighted by molar-refractivity contribution is 14.1. The molecule has 1 aromatic heterocycles. The zero-order valence-electron chi connectivity index (χ0n) is 18.9. The Morgan fingerprint density at radius 3 is 2.59 bits per heavy atom. The second-order valence-electron chi connectivity index (χ2n) is 8.52. The van der Waals surface area contributed by atoms with Gasteiger partial charge in [0.15, 0.2) is 11.5 Å². The van der Waals surface area contributed by atoms with Gasteiger partial charge in [0.25, 0.3) is 5.56 Å². The van der Waals surface area contributed by atoms with Crippen LogP contribution in [0.25, 0.3) is 10.9 Å². The smallest absolute Gasteiger partial charge is 0.282 e. The van der Waals surface area contributed by atoms with E-state index in [9.17, 15) is 4.79 Å². The molecule has 0 saturated carbocycles. The molecule has 0 N–H and O–H groups in total. The number of ether oxygens (including phenoxy) is 2. The summed E-state index contributed by atoms with van der Waals surface area (Å²) in [4.78, 5) is 17.7. The molecule has 0 fully saturated rings. The van der Waals surface area contributed by atoms with Crippen molar-refractivity contribution >= 4 is 55.6 Å². The van der Waals surface area contributed by atoms with E-state index in [1.165, 1.54) is 4.68 Å². The predicted molar refractivity (Wildman–Crippen MR) is 141 cm³/mol. The van der Waals surface area contributed by atoms with Gasteiger partial charge in [-0.05, 0) is 70.8 Å². The summed E-state index contributed by atoms with van der Waals surface area (Å²) in [5, 5.41) is 5.00. The number of benzene rings is 2. The predicted octanol–water partition coefficient (Wildman–Crippen LogP) is 6.03. The lowest BCUT2D eigenvalue weighted by molar-refractivity contribution is 0.187. The third-order valence-electron chi connectivity index (χ3n) is 4.50. The first-order valence-electron chi connectivity index (χ1n) is 10.5. The first kappa shape index (κ1) is 24.7. The zero-order valence-corrected chi connectivity index (χ0v) is 22.7. The molecule has 0 aliphatic heterocycles. The van der Waals surface area contributed by atoms with Gasteiger partial charge in [0.1, 0.15) is 5.82 Å². The van der Waals surface area contributed by atoms with Crippen molar-refractivity contribution in [2.45, 2.75) is 41.0 Å². The van der Waals surface area contributed by atoms with Crippen LogP contribution in [0.4, 0.5) is 0 Å². The quantitative estimate of drug-likeness (QED) is 0.242. The number of halogens is 2. The second kappa shape index (κ2) is 10.3. The monoisotopic (exact) mass is 611 g/mol. The molecule has 0 amide bonds. The molecule has 6 nitrogen and oxygen atoms in total. The van der Waals surface area contributed by atoms with E-state index in [-0.39, 0.29) is 11.0 Å². The molecule has 170 valence electrons. The zero-order chi connectivity index (χ0) is 23.5. The average Bonchev–Trinajstić information content (AvgIpc) is 2.72. The van der Waals surface area contributed by atoms with Crippen LogP contribution in [0.2, 0.25) is 0 Å². The molecule has 2 aromatic carbocycles. The summed E-state index contributed by atoms with van der Waals surface area (Å²) in [5.74, 6) is 1.99. The first-order chi connectivity index (χ1) is 15.1. The van der Waals surface area contributed by atoms with Crippen LogP contribution in [-0.4, -0.2) is 29.1 Å². The Hall–Kier alpha value is -1.94. The summed E-state index contributed by atoms with van der Waals surface area (Å²) in [7, 11) is 0. The summed E-state index contributed by atoms with van der Waals surface area (Å²) in [6.07, 6.45) is 2.24. The maximum Gasteiger partial charge on any atom is 0.282 e. The van der Waals surface area contributed by atoms with Gasteiger partial charge in [0.05, 0.1) is 33.9 Å². The van der Waals surface area contributed by atoms with Crippen molar-refractivity contribution in [1.82, 2.24) is 9.66 Å². The number of fused-ring (bicyclic) bond motifs is 1. The fourth-order valence-electron chi connectivity index (χ4n) is 3.02. The van der Waals surface area contributed by atoms with Crippen LogP contribution in [0.5, 0.6) is 11.5 Å².